The Morgan fingerprint density at radius 1 is 0.708 bits per heavy atom. The minimum absolute atomic E-state index is 0.811. The van der Waals surface area contributed by atoms with Crippen molar-refractivity contribution in [2.45, 2.75) is 6.92 Å². The van der Waals surface area contributed by atoms with E-state index in [1.807, 2.05) is 67.6 Å². The van der Waals surface area contributed by atoms with Crippen molar-refractivity contribution in [3.63, 3.8) is 0 Å². The van der Waals surface area contributed by atoms with E-state index in [1.54, 1.807) is 0 Å². The number of ether oxygens (including phenoxy) is 1. The van der Waals surface area contributed by atoms with Crippen molar-refractivity contribution in [2.75, 3.05) is 0 Å². The van der Waals surface area contributed by atoms with Gasteiger partial charge in [0.2, 0.25) is 0 Å². The fraction of sp³-hybridized carbons (Fsp3) is 0.0455. The largest absolute Gasteiger partial charge is 0.454 e. The molecule has 0 aliphatic carbocycles. The second-order valence-corrected chi connectivity index (χ2v) is 5.76. The number of nitrogens with zero attached hydrogens (tertiary/aromatic N) is 1. The number of aryl methyl sites for hydroxylation is 1. The zero-order valence-corrected chi connectivity index (χ0v) is 13.4. The Kier molecular flexibility index (Phi) is 3.72. The lowest BCUT2D eigenvalue weighted by Gasteiger charge is -2.12. The predicted molar refractivity (Wildman–Crippen MR) is 98.9 cm³/mol. The van der Waals surface area contributed by atoms with Gasteiger partial charge in [0.05, 0.1) is 5.71 Å². The molecule has 0 aromatic heterocycles. The molecule has 3 aromatic carbocycles. The van der Waals surface area contributed by atoms with E-state index in [9.17, 15) is 0 Å². The van der Waals surface area contributed by atoms with Gasteiger partial charge >= 0.3 is 0 Å². The van der Waals surface area contributed by atoms with Crippen LogP contribution in [0.5, 0.6) is 5.75 Å². The summed E-state index contributed by atoms with van der Waals surface area (Å²) in [5.74, 6) is 1.63. The van der Waals surface area contributed by atoms with Gasteiger partial charge in [-0.15, -0.1) is 0 Å². The minimum Gasteiger partial charge on any atom is -0.454 e. The number of benzene rings is 3. The first-order valence-electron chi connectivity index (χ1n) is 8.00. The summed E-state index contributed by atoms with van der Waals surface area (Å²) in [6.07, 6.45) is 2.02. The smallest absolute Gasteiger partial charge is 0.155 e. The van der Waals surface area contributed by atoms with E-state index in [0.717, 1.165) is 39.6 Å². The molecule has 0 saturated heterocycles. The molecule has 1 aliphatic rings. The highest BCUT2D eigenvalue weighted by molar-refractivity contribution is 6.13. The van der Waals surface area contributed by atoms with Crippen molar-refractivity contribution in [1.82, 2.24) is 0 Å². The number of rotatable bonds is 2. The van der Waals surface area contributed by atoms with Crippen LogP contribution in [0, 0.1) is 6.92 Å². The first-order valence-corrected chi connectivity index (χ1v) is 8.00. The Balaban J connectivity index is 1.92. The van der Waals surface area contributed by atoms with E-state index in [0.29, 0.717) is 0 Å². The molecular weight excluding hydrogens is 294 g/mol. The molecule has 3 aromatic rings. The maximum Gasteiger partial charge on any atom is 0.155 e. The topological polar surface area (TPSA) is 21.6 Å². The van der Waals surface area contributed by atoms with Gasteiger partial charge in [0.25, 0.3) is 0 Å². The molecule has 0 unspecified atom stereocenters. The number of para-hydroxylation sites is 1. The van der Waals surface area contributed by atoms with Crippen molar-refractivity contribution in [3.05, 3.63) is 102 Å². The zero-order chi connectivity index (χ0) is 16.4. The molecule has 0 atom stereocenters. The summed E-state index contributed by atoms with van der Waals surface area (Å²) in [7, 11) is 0. The number of aliphatic imine (C=N–C) groups is 1. The van der Waals surface area contributed by atoms with Crippen molar-refractivity contribution in [3.8, 4) is 5.75 Å². The van der Waals surface area contributed by atoms with Crippen LogP contribution in [0.4, 0.5) is 5.69 Å². The van der Waals surface area contributed by atoms with Gasteiger partial charge in [0.1, 0.15) is 11.4 Å². The predicted octanol–water partition coefficient (Wildman–Crippen LogP) is 5.55. The lowest BCUT2D eigenvalue weighted by Crippen LogP contribution is -2.00. The van der Waals surface area contributed by atoms with Crippen LogP contribution in [0.15, 0.2) is 89.9 Å². The van der Waals surface area contributed by atoms with Crippen LogP contribution in [0.25, 0.3) is 5.76 Å². The summed E-state index contributed by atoms with van der Waals surface area (Å²) < 4.78 is 6.27. The third-order valence-electron chi connectivity index (χ3n) is 4.04. The average Bonchev–Trinajstić information content (AvgIpc) is 2.84. The Morgan fingerprint density at radius 3 is 2.08 bits per heavy atom. The molecule has 0 amide bonds. The third kappa shape index (κ3) is 2.74. The molecule has 1 heterocycles. The maximum atomic E-state index is 6.27. The summed E-state index contributed by atoms with van der Waals surface area (Å²) in [5, 5.41) is 0. The lowest BCUT2D eigenvalue weighted by atomic mass is 10.1. The van der Waals surface area contributed by atoms with E-state index in [2.05, 4.69) is 24.3 Å². The van der Waals surface area contributed by atoms with Gasteiger partial charge in [-0.05, 0) is 18.6 Å². The fourth-order valence-electron chi connectivity index (χ4n) is 2.78. The van der Waals surface area contributed by atoms with Crippen LogP contribution < -0.4 is 4.74 Å². The highest BCUT2D eigenvalue weighted by Crippen LogP contribution is 2.37. The van der Waals surface area contributed by atoms with E-state index < -0.39 is 0 Å². The second-order valence-electron chi connectivity index (χ2n) is 5.76. The number of hydrogen-bond donors (Lipinski definition) is 0. The Labute approximate surface area is 141 Å². The van der Waals surface area contributed by atoms with Crippen LogP contribution in [-0.4, -0.2) is 5.71 Å². The van der Waals surface area contributed by atoms with Gasteiger partial charge in [-0.2, -0.15) is 0 Å². The Morgan fingerprint density at radius 2 is 1.38 bits per heavy atom. The van der Waals surface area contributed by atoms with Crippen molar-refractivity contribution < 1.29 is 4.74 Å². The van der Waals surface area contributed by atoms with Crippen LogP contribution in [0.1, 0.15) is 16.7 Å². The van der Waals surface area contributed by atoms with Crippen LogP contribution in [0.2, 0.25) is 0 Å². The Hall–Kier alpha value is -3.13. The van der Waals surface area contributed by atoms with Gasteiger partial charge in [0, 0.05) is 17.2 Å². The highest BCUT2D eigenvalue weighted by Gasteiger charge is 2.17. The van der Waals surface area contributed by atoms with Crippen LogP contribution >= 0.6 is 0 Å². The van der Waals surface area contributed by atoms with Crippen molar-refractivity contribution in [2.24, 2.45) is 4.99 Å². The summed E-state index contributed by atoms with van der Waals surface area (Å²) in [6.45, 7) is 2.05. The van der Waals surface area contributed by atoms with E-state index in [1.165, 1.54) is 0 Å². The van der Waals surface area contributed by atoms with E-state index in [4.69, 9.17) is 9.73 Å². The highest BCUT2D eigenvalue weighted by atomic mass is 16.5. The summed E-state index contributed by atoms with van der Waals surface area (Å²) in [4.78, 5) is 4.86. The molecule has 116 valence electrons. The van der Waals surface area contributed by atoms with Crippen LogP contribution in [0.3, 0.4) is 0 Å². The number of fused-ring (bicyclic) bond motifs is 1. The molecule has 0 bridgehead atoms. The molecule has 0 saturated carbocycles. The molecule has 0 radical (unpaired) electrons. The molecule has 0 N–H and O–H groups in total. The molecule has 4 rings (SSSR count). The molecule has 2 heteroatoms. The summed E-state index contributed by atoms with van der Waals surface area (Å²) >= 11 is 0. The minimum atomic E-state index is 0.811. The monoisotopic (exact) mass is 311 g/mol. The lowest BCUT2D eigenvalue weighted by molar-refractivity contribution is 0.514. The standard InChI is InChI=1S/C22H17NO/c1-16-9-8-14-19-22(16)24-21(18-12-6-3-7-13-18)15-20(23-19)17-10-4-2-5-11-17/h2-15H,1H3. The normalized spacial score (nSPS) is 13.2. The van der Waals surface area contributed by atoms with Gasteiger partial charge in [-0.3, -0.25) is 0 Å². The van der Waals surface area contributed by atoms with Gasteiger partial charge < -0.3 is 4.74 Å². The third-order valence-corrected chi connectivity index (χ3v) is 4.04. The fourth-order valence-corrected chi connectivity index (χ4v) is 2.78. The van der Waals surface area contributed by atoms with Crippen molar-refractivity contribution in [1.29, 1.82) is 0 Å². The molecular formula is C22H17NO. The van der Waals surface area contributed by atoms with E-state index >= 15 is 0 Å². The molecule has 1 aliphatic heterocycles. The summed E-state index contributed by atoms with van der Waals surface area (Å²) in [6, 6.07) is 26.4. The van der Waals surface area contributed by atoms with Gasteiger partial charge in [0.15, 0.2) is 5.75 Å². The van der Waals surface area contributed by atoms with Crippen molar-refractivity contribution >= 4 is 17.2 Å². The van der Waals surface area contributed by atoms with Gasteiger partial charge in [-0.1, -0.05) is 72.8 Å². The molecule has 0 spiro atoms. The average molecular weight is 311 g/mol. The molecule has 2 nitrogen and oxygen atoms in total. The number of hydrogen-bond acceptors (Lipinski definition) is 2. The first-order chi connectivity index (χ1) is 11.8. The first kappa shape index (κ1) is 14.5. The van der Waals surface area contributed by atoms with Crippen LogP contribution in [-0.2, 0) is 0 Å². The summed E-state index contributed by atoms with van der Waals surface area (Å²) in [5.41, 5.74) is 4.95. The van der Waals surface area contributed by atoms with E-state index in [-0.39, 0.29) is 0 Å². The molecule has 0 fully saturated rings. The maximum absolute atomic E-state index is 6.27. The van der Waals surface area contributed by atoms with Gasteiger partial charge in [-0.25, -0.2) is 4.99 Å². The second kappa shape index (κ2) is 6.17. The zero-order valence-electron chi connectivity index (χ0n) is 13.4. The Bertz CT molecular complexity index is 925. The quantitative estimate of drug-likeness (QED) is 0.608. The SMILES string of the molecule is Cc1cccc2c1OC(c1ccccc1)=CC(c1ccccc1)=N2. The number of allylic oxidation sites excluding steroid dienone is 1. The molecule has 24 heavy (non-hydrogen) atoms.